The molecule has 0 unspecified atom stereocenters. The molecule has 0 aliphatic heterocycles. The zero-order valence-corrected chi connectivity index (χ0v) is 12.4. The van der Waals surface area contributed by atoms with E-state index in [9.17, 15) is 4.79 Å². The number of halogens is 3. The summed E-state index contributed by atoms with van der Waals surface area (Å²) < 4.78 is 0.782. The lowest BCUT2D eigenvalue weighted by Gasteiger charge is -2.08. The normalized spacial score (nSPS) is 10.3. The molecule has 0 saturated heterocycles. The second-order valence-electron chi connectivity index (χ2n) is 3.51. The topological polar surface area (TPSA) is 80.9 Å². The van der Waals surface area contributed by atoms with Crippen LogP contribution in [0.15, 0.2) is 29.0 Å². The fourth-order valence-corrected chi connectivity index (χ4v) is 2.01. The molecule has 0 aliphatic rings. The minimum atomic E-state index is -0.429. The van der Waals surface area contributed by atoms with E-state index >= 15 is 0 Å². The summed E-state index contributed by atoms with van der Waals surface area (Å²) in [7, 11) is 0. The van der Waals surface area contributed by atoms with Gasteiger partial charge in [0.05, 0.1) is 5.56 Å². The van der Waals surface area contributed by atoms with Crippen molar-refractivity contribution in [3.63, 3.8) is 0 Å². The summed E-state index contributed by atoms with van der Waals surface area (Å²) in [5, 5.41) is 2.67. The summed E-state index contributed by atoms with van der Waals surface area (Å²) in [6.45, 7) is 0. The van der Waals surface area contributed by atoms with E-state index in [1.807, 2.05) is 0 Å². The third-order valence-electron chi connectivity index (χ3n) is 2.24. The first-order valence-corrected chi connectivity index (χ1v) is 6.56. The lowest BCUT2D eigenvalue weighted by atomic mass is 10.1. The van der Waals surface area contributed by atoms with E-state index in [4.69, 9.17) is 28.9 Å². The van der Waals surface area contributed by atoms with Gasteiger partial charge in [-0.05, 0) is 18.2 Å². The summed E-state index contributed by atoms with van der Waals surface area (Å²) in [6, 6.07) is 4.93. The van der Waals surface area contributed by atoms with Crippen molar-refractivity contribution < 1.29 is 4.79 Å². The molecule has 0 spiro atoms. The smallest absolute Gasteiger partial charge is 0.258 e. The maximum Gasteiger partial charge on any atom is 0.258 e. The minimum absolute atomic E-state index is 0.0655. The molecular formula is C11H7BrCl2N4O. The molecule has 1 amide bonds. The van der Waals surface area contributed by atoms with Crippen molar-refractivity contribution in [3.05, 3.63) is 44.7 Å². The van der Waals surface area contributed by atoms with E-state index in [0.29, 0.717) is 11.3 Å². The summed E-state index contributed by atoms with van der Waals surface area (Å²) in [5.74, 6) is -0.296. The lowest BCUT2D eigenvalue weighted by Crippen LogP contribution is -2.15. The van der Waals surface area contributed by atoms with Gasteiger partial charge in [-0.15, -0.1) is 0 Å². The van der Waals surface area contributed by atoms with E-state index in [-0.39, 0.29) is 16.0 Å². The van der Waals surface area contributed by atoms with E-state index in [1.54, 1.807) is 18.2 Å². The fraction of sp³-hybridized carbons (Fsp3) is 0. The first kappa shape index (κ1) is 14.0. The van der Waals surface area contributed by atoms with Crippen LogP contribution in [0.3, 0.4) is 0 Å². The monoisotopic (exact) mass is 360 g/mol. The minimum Gasteiger partial charge on any atom is -0.398 e. The Bertz CT molecular complexity index is 651. The summed E-state index contributed by atoms with van der Waals surface area (Å²) in [5.41, 5.74) is 6.41. The first-order valence-electron chi connectivity index (χ1n) is 5.01. The quantitative estimate of drug-likeness (QED) is 0.634. The van der Waals surface area contributed by atoms with Gasteiger partial charge < -0.3 is 11.1 Å². The first-order chi connectivity index (χ1) is 8.99. The molecule has 0 fully saturated rings. The van der Waals surface area contributed by atoms with Crippen LogP contribution < -0.4 is 11.1 Å². The highest BCUT2D eigenvalue weighted by Gasteiger charge is 2.14. The van der Waals surface area contributed by atoms with Gasteiger partial charge in [-0.3, -0.25) is 4.79 Å². The average Bonchev–Trinajstić information content (AvgIpc) is 2.34. The van der Waals surface area contributed by atoms with Gasteiger partial charge in [0, 0.05) is 10.2 Å². The van der Waals surface area contributed by atoms with Crippen LogP contribution in [0.25, 0.3) is 0 Å². The Balaban J connectivity index is 2.28. The molecule has 3 N–H and O–H groups in total. The van der Waals surface area contributed by atoms with Gasteiger partial charge in [-0.1, -0.05) is 39.1 Å². The zero-order chi connectivity index (χ0) is 14.0. The molecule has 1 heterocycles. The average molecular weight is 362 g/mol. The third-order valence-corrected chi connectivity index (χ3v) is 3.47. The Kier molecular flexibility index (Phi) is 4.24. The number of carbonyl (C=O) groups excluding carboxylic acids is 1. The molecule has 98 valence electrons. The predicted molar refractivity (Wildman–Crippen MR) is 78.6 cm³/mol. The van der Waals surface area contributed by atoms with Crippen LogP contribution in [0, 0.1) is 0 Å². The molecule has 0 radical (unpaired) electrons. The molecule has 8 heteroatoms. The fourth-order valence-electron chi connectivity index (χ4n) is 1.35. The highest BCUT2D eigenvalue weighted by atomic mass is 79.9. The molecule has 2 aromatic rings. The van der Waals surface area contributed by atoms with Crippen LogP contribution in [0.5, 0.6) is 0 Å². The van der Waals surface area contributed by atoms with Crippen LogP contribution in [0.1, 0.15) is 10.4 Å². The van der Waals surface area contributed by atoms with Gasteiger partial charge in [0.15, 0.2) is 11.0 Å². The van der Waals surface area contributed by atoms with E-state index in [2.05, 4.69) is 31.2 Å². The zero-order valence-electron chi connectivity index (χ0n) is 9.32. The van der Waals surface area contributed by atoms with Crippen molar-refractivity contribution in [2.75, 3.05) is 11.1 Å². The molecule has 0 saturated carbocycles. The third kappa shape index (κ3) is 3.15. The number of amides is 1. The number of hydrogen-bond acceptors (Lipinski definition) is 4. The van der Waals surface area contributed by atoms with Crippen LogP contribution in [0.2, 0.25) is 10.2 Å². The van der Waals surface area contributed by atoms with Gasteiger partial charge in [-0.2, -0.15) is 0 Å². The number of nitrogens with two attached hydrogens (primary N) is 1. The number of carbonyl (C=O) groups is 1. The number of nitrogens with zero attached hydrogens (tertiary/aromatic N) is 2. The Hall–Kier alpha value is -1.37. The van der Waals surface area contributed by atoms with Gasteiger partial charge >= 0.3 is 0 Å². The maximum atomic E-state index is 12.0. The van der Waals surface area contributed by atoms with Crippen molar-refractivity contribution in [1.82, 2.24) is 9.97 Å². The molecule has 0 aliphatic carbocycles. The predicted octanol–water partition coefficient (Wildman–Crippen LogP) is 3.38. The van der Waals surface area contributed by atoms with E-state index < -0.39 is 5.91 Å². The van der Waals surface area contributed by atoms with Crippen LogP contribution in [-0.2, 0) is 0 Å². The second kappa shape index (κ2) is 5.73. The number of benzene rings is 1. The Labute approximate surface area is 127 Å². The Morgan fingerprint density at radius 2 is 2.05 bits per heavy atom. The highest BCUT2D eigenvalue weighted by molar-refractivity contribution is 9.10. The number of aromatic nitrogens is 2. The number of anilines is 2. The molecule has 5 nitrogen and oxygen atoms in total. The SMILES string of the molecule is Nc1cc(Br)ccc1C(=O)Nc1ncnc(Cl)c1Cl. The van der Waals surface area contributed by atoms with Gasteiger partial charge in [0.25, 0.3) is 5.91 Å². The number of rotatable bonds is 2. The number of hydrogen-bond donors (Lipinski definition) is 2. The number of nitrogen functional groups attached to an aromatic ring is 1. The van der Waals surface area contributed by atoms with E-state index in [0.717, 1.165) is 4.47 Å². The van der Waals surface area contributed by atoms with Crippen molar-refractivity contribution in [1.29, 1.82) is 0 Å². The van der Waals surface area contributed by atoms with Crippen molar-refractivity contribution in [2.45, 2.75) is 0 Å². The molecule has 1 aromatic heterocycles. The van der Waals surface area contributed by atoms with Gasteiger partial charge in [0.2, 0.25) is 0 Å². The molecule has 19 heavy (non-hydrogen) atoms. The maximum absolute atomic E-state index is 12.0. The molecule has 0 atom stereocenters. The highest BCUT2D eigenvalue weighted by Crippen LogP contribution is 2.26. The van der Waals surface area contributed by atoms with Crippen LogP contribution in [-0.4, -0.2) is 15.9 Å². The van der Waals surface area contributed by atoms with Crippen molar-refractivity contribution >= 4 is 56.5 Å². The van der Waals surface area contributed by atoms with Crippen molar-refractivity contribution in [3.8, 4) is 0 Å². The Morgan fingerprint density at radius 1 is 1.32 bits per heavy atom. The Morgan fingerprint density at radius 3 is 2.74 bits per heavy atom. The number of nitrogens with one attached hydrogen (secondary N) is 1. The van der Waals surface area contributed by atoms with Crippen LogP contribution >= 0.6 is 39.1 Å². The standard InChI is InChI=1S/C11H7BrCl2N4O/c12-5-1-2-6(7(15)3-5)11(19)18-10-8(13)9(14)16-4-17-10/h1-4H,15H2,(H,16,17,18,19). The molecule has 2 rings (SSSR count). The molecule has 1 aromatic carbocycles. The molecule has 0 bridgehead atoms. The van der Waals surface area contributed by atoms with Gasteiger partial charge in [-0.25, -0.2) is 9.97 Å². The lowest BCUT2D eigenvalue weighted by molar-refractivity contribution is 0.102. The van der Waals surface area contributed by atoms with Gasteiger partial charge in [0.1, 0.15) is 11.3 Å². The molecular weight excluding hydrogens is 355 g/mol. The van der Waals surface area contributed by atoms with Crippen molar-refractivity contribution in [2.24, 2.45) is 0 Å². The van der Waals surface area contributed by atoms with Crippen LogP contribution in [0.4, 0.5) is 11.5 Å². The van der Waals surface area contributed by atoms with E-state index in [1.165, 1.54) is 6.33 Å². The summed E-state index contributed by atoms with van der Waals surface area (Å²) in [4.78, 5) is 19.6. The summed E-state index contributed by atoms with van der Waals surface area (Å²) >= 11 is 14.9. The second-order valence-corrected chi connectivity index (χ2v) is 5.16. The largest absolute Gasteiger partial charge is 0.398 e. The summed E-state index contributed by atoms with van der Waals surface area (Å²) in [6.07, 6.45) is 1.20.